The standard InChI is InChI=1S/C17H24N2O2.2ClH/c1-12-8-15-16(9-13(12)2)21-11-14(17(15)20)10-19-6-4-18(3)5-7-19;;/h8-9,14H,4-7,10-11H2,1-3H3;2*1H. The monoisotopic (exact) mass is 360 g/mol. The molecule has 0 amide bonds. The van der Waals surface area contributed by atoms with Crippen LogP contribution in [0.2, 0.25) is 0 Å². The number of halogens is 2. The SMILES string of the molecule is Cc1cc2c(cc1C)C(=O)C(CN1CCN(C)CC1)CO2.Cl.Cl. The summed E-state index contributed by atoms with van der Waals surface area (Å²) in [7, 11) is 2.15. The van der Waals surface area contributed by atoms with Gasteiger partial charge in [-0.1, -0.05) is 0 Å². The minimum atomic E-state index is -0.0250. The molecule has 0 saturated carbocycles. The van der Waals surface area contributed by atoms with Crippen molar-refractivity contribution in [3.05, 3.63) is 28.8 Å². The van der Waals surface area contributed by atoms with Crippen LogP contribution in [0.15, 0.2) is 12.1 Å². The molecular formula is C17H26Cl2N2O2. The van der Waals surface area contributed by atoms with Crippen LogP contribution in [0.4, 0.5) is 0 Å². The summed E-state index contributed by atoms with van der Waals surface area (Å²) in [5.41, 5.74) is 3.11. The summed E-state index contributed by atoms with van der Waals surface area (Å²) in [4.78, 5) is 17.4. The van der Waals surface area contributed by atoms with Crippen LogP contribution in [-0.4, -0.2) is 62.0 Å². The Hall–Kier alpha value is -0.810. The highest BCUT2D eigenvalue weighted by atomic mass is 35.5. The van der Waals surface area contributed by atoms with E-state index in [0.29, 0.717) is 6.61 Å². The molecule has 2 heterocycles. The number of Topliss-reactive ketones (excluding diaryl/α,β-unsaturated/α-hetero) is 1. The molecule has 0 spiro atoms. The second kappa shape index (κ2) is 8.34. The van der Waals surface area contributed by atoms with Crippen LogP contribution in [0.1, 0.15) is 21.5 Å². The summed E-state index contributed by atoms with van der Waals surface area (Å²) in [6.07, 6.45) is 0. The van der Waals surface area contributed by atoms with Gasteiger partial charge in [-0.25, -0.2) is 0 Å². The van der Waals surface area contributed by atoms with Crippen molar-refractivity contribution in [2.75, 3.05) is 46.4 Å². The molecule has 0 aromatic heterocycles. The Morgan fingerprint density at radius 1 is 1.09 bits per heavy atom. The smallest absolute Gasteiger partial charge is 0.174 e. The fourth-order valence-electron chi connectivity index (χ4n) is 3.07. The summed E-state index contributed by atoms with van der Waals surface area (Å²) in [5, 5.41) is 0. The summed E-state index contributed by atoms with van der Waals surface area (Å²) in [6.45, 7) is 9.68. The fraction of sp³-hybridized carbons (Fsp3) is 0.588. The van der Waals surface area contributed by atoms with Gasteiger partial charge in [-0.05, 0) is 44.2 Å². The first-order valence-corrected chi connectivity index (χ1v) is 7.74. The van der Waals surface area contributed by atoms with E-state index in [4.69, 9.17) is 4.74 Å². The molecule has 1 saturated heterocycles. The molecule has 2 aliphatic rings. The van der Waals surface area contributed by atoms with E-state index >= 15 is 0 Å². The van der Waals surface area contributed by atoms with Crippen molar-refractivity contribution in [1.29, 1.82) is 0 Å². The van der Waals surface area contributed by atoms with Crippen molar-refractivity contribution in [1.82, 2.24) is 9.80 Å². The van der Waals surface area contributed by atoms with Gasteiger partial charge in [0.05, 0.1) is 18.1 Å². The van der Waals surface area contributed by atoms with Crippen LogP contribution in [0.5, 0.6) is 5.75 Å². The molecule has 130 valence electrons. The van der Waals surface area contributed by atoms with Crippen molar-refractivity contribution < 1.29 is 9.53 Å². The lowest BCUT2D eigenvalue weighted by Gasteiger charge is -2.35. The predicted molar refractivity (Wildman–Crippen MR) is 97.7 cm³/mol. The summed E-state index contributed by atoms with van der Waals surface area (Å²) in [5.74, 6) is 0.985. The van der Waals surface area contributed by atoms with Gasteiger partial charge < -0.3 is 9.64 Å². The molecule has 6 heteroatoms. The lowest BCUT2D eigenvalue weighted by molar-refractivity contribution is 0.0712. The lowest BCUT2D eigenvalue weighted by atomic mass is 9.92. The predicted octanol–water partition coefficient (Wildman–Crippen LogP) is 2.59. The molecule has 1 aromatic rings. The van der Waals surface area contributed by atoms with Gasteiger partial charge in [0, 0.05) is 32.7 Å². The van der Waals surface area contributed by atoms with E-state index in [1.165, 1.54) is 5.56 Å². The Balaban J connectivity index is 0.00000132. The van der Waals surface area contributed by atoms with E-state index in [1.54, 1.807) is 0 Å². The molecule has 0 radical (unpaired) electrons. The lowest BCUT2D eigenvalue weighted by Crippen LogP contribution is -2.48. The molecule has 0 aliphatic carbocycles. The maximum absolute atomic E-state index is 12.7. The summed E-state index contributed by atoms with van der Waals surface area (Å²) >= 11 is 0. The second-order valence-corrected chi connectivity index (χ2v) is 6.41. The van der Waals surface area contributed by atoms with Gasteiger partial charge in [0.2, 0.25) is 0 Å². The Labute approximate surface area is 151 Å². The van der Waals surface area contributed by atoms with Gasteiger partial charge in [0.15, 0.2) is 5.78 Å². The molecule has 0 bridgehead atoms. The molecule has 1 fully saturated rings. The van der Waals surface area contributed by atoms with Crippen molar-refractivity contribution >= 4 is 30.6 Å². The molecule has 0 N–H and O–H groups in total. The van der Waals surface area contributed by atoms with Crippen LogP contribution in [0, 0.1) is 19.8 Å². The number of hydrogen-bond donors (Lipinski definition) is 0. The molecule has 3 rings (SSSR count). The van der Waals surface area contributed by atoms with Gasteiger partial charge in [0.25, 0.3) is 0 Å². The van der Waals surface area contributed by atoms with Crippen LogP contribution in [0.25, 0.3) is 0 Å². The zero-order valence-corrected chi connectivity index (χ0v) is 15.6. The number of aryl methyl sites for hydroxylation is 2. The quantitative estimate of drug-likeness (QED) is 0.811. The van der Waals surface area contributed by atoms with E-state index in [-0.39, 0.29) is 36.5 Å². The molecule has 4 nitrogen and oxygen atoms in total. The van der Waals surface area contributed by atoms with Crippen molar-refractivity contribution in [2.45, 2.75) is 13.8 Å². The number of likely N-dealkylation sites (N-methyl/N-ethyl adjacent to an activating group) is 1. The summed E-state index contributed by atoms with van der Waals surface area (Å²) < 4.78 is 5.85. The third-order valence-corrected chi connectivity index (χ3v) is 4.75. The number of piperazine rings is 1. The first-order chi connectivity index (χ1) is 10.0. The maximum Gasteiger partial charge on any atom is 0.174 e. The van der Waals surface area contributed by atoms with E-state index in [2.05, 4.69) is 23.8 Å². The first kappa shape index (κ1) is 20.2. The first-order valence-electron chi connectivity index (χ1n) is 7.74. The van der Waals surface area contributed by atoms with E-state index in [9.17, 15) is 4.79 Å². The topological polar surface area (TPSA) is 32.8 Å². The van der Waals surface area contributed by atoms with Gasteiger partial charge in [-0.2, -0.15) is 0 Å². The number of benzene rings is 1. The number of nitrogens with zero attached hydrogens (tertiary/aromatic N) is 2. The molecule has 2 aliphatic heterocycles. The Morgan fingerprint density at radius 3 is 2.35 bits per heavy atom. The number of carbonyl (C=O) groups is 1. The van der Waals surface area contributed by atoms with Crippen LogP contribution in [-0.2, 0) is 0 Å². The normalized spacial score (nSPS) is 21.7. The minimum Gasteiger partial charge on any atom is -0.492 e. The highest BCUT2D eigenvalue weighted by Crippen LogP contribution is 2.30. The number of ketones is 1. The van der Waals surface area contributed by atoms with E-state index in [0.717, 1.165) is 49.6 Å². The van der Waals surface area contributed by atoms with Crippen LogP contribution < -0.4 is 4.74 Å². The zero-order valence-electron chi connectivity index (χ0n) is 14.0. The van der Waals surface area contributed by atoms with E-state index < -0.39 is 0 Å². The average molecular weight is 361 g/mol. The fourth-order valence-corrected chi connectivity index (χ4v) is 3.07. The Bertz CT molecular complexity index is 558. The maximum atomic E-state index is 12.7. The highest BCUT2D eigenvalue weighted by Gasteiger charge is 2.31. The Kier molecular flexibility index (Phi) is 7.33. The average Bonchev–Trinajstić information content (AvgIpc) is 2.47. The second-order valence-electron chi connectivity index (χ2n) is 6.41. The van der Waals surface area contributed by atoms with Crippen LogP contribution >= 0.6 is 24.8 Å². The van der Waals surface area contributed by atoms with Crippen molar-refractivity contribution in [3.8, 4) is 5.75 Å². The molecular weight excluding hydrogens is 335 g/mol. The third-order valence-electron chi connectivity index (χ3n) is 4.75. The van der Waals surface area contributed by atoms with Gasteiger partial charge >= 0.3 is 0 Å². The van der Waals surface area contributed by atoms with Crippen molar-refractivity contribution in [3.63, 3.8) is 0 Å². The zero-order chi connectivity index (χ0) is 15.0. The number of ether oxygens (including phenoxy) is 1. The molecule has 1 aromatic carbocycles. The van der Waals surface area contributed by atoms with Gasteiger partial charge in [-0.3, -0.25) is 9.69 Å². The number of hydrogen-bond acceptors (Lipinski definition) is 4. The summed E-state index contributed by atoms with van der Waals surface area (Å²) in [6, 6.07) is 3.98. The Morgan fingerprint density at radius 2 is 1.70 bits per heavy atom. The number of fused-ring (bicyclic) bond motifs is 1. The minimum absolute atomic E-state index is 0. The largest absolute Gasteiger partial charge is 0.492 e. The number of carbonyl (C=O) groups excluding carboxylic acids is 1. The number of rotatable bonds is 2. The van der Waals surface area contributed by atoms with Crippen LogP contribution in [0.3, 0.4) is 0 Å². The van der Waals surface area contributed by atoms with Crippen molar-refractivity contribution in [2.24, 2.45) is 5.92 Å². The molecule has 1 unspecified atom stereocenters. The third kappa shape index (κ3) is 4.38. The molecule has 1 atom stereocenters. The van der Waals surface area contributed by atoms with Gasteiger partial charge in [0.1, 0.15) is 5.75 Å². The van der Waals surface area contributed by atoms with E-state index in [1.807, 2.05) is 19.1 Å². The molecule has 23 heavy (non-hydrogen) atoms. The van der Waals surface area contributed by atoms with Gasteiger partial charge in [-0.15, -0.1) is 24.8 Å². The highest BCUT2D eigenvalue weighted by molar-refractivity contribution is 6.01.